The minimum atomic E-state index is -1.63. The van der Waals surface area contributed by atoms with Crippen molar-refractivity contribution < 1.29 is 64.2 Å². The fourth-order valence-corrected chi connectivity index (χ4v) is 3.33. The zero-order chi connectivity index (χ0) is 23.7. The summed E-state index contributed by atoms with van der Waals surface area (Å²) in [6.07, 6.45) is -14.6. The van der Waals surface area contributed by atoms with Gasteiger partial charge in [0.25, 0.3) is 0 Å². The molecule has 0 amide bonds. The monoisotopic (exact) mass is 490 g/mol. The van der Waals surface area contributed by atoms with Crippen molar-refractivity contribution in [1.82, 2.24) is 0 Å². The van der Waals surface area contributed by atoms with E-state index >= 15 is 0 Å². The van der Waals surface area contributed by atoms with E-state index in [0.717, 1.165) is 0 Å². The van der Waals surface area contributed by atoms with E-state index in [0.29, 0.717) is 25.6 Å². The number of hydrogen-bond donors (Lipinski definition) is 8. The van der Waals surface area contributed by atoms with Crippen LogP contribution in [0.3, 0.4) is 0 Å². The number of thiol groups is 1. The maximum atomic E-state index is 10.2. The Kier molecular flexibility index (Phi) is 12.5. The molecule has 0 bridgehead atoms. The number of ether oxygens (including phenoxy) is 6. The van der Waals surface area contributed by atoms with Gasteiger partial charge in [-0.1, -0.05) is 0 Å². The van der Waals surface area contributed by atoms with Crippen LogP contribution in [0.15, 0.2) is 0 Å². The molecule has 0 aliphatic carbocycles. The fraction of sp³-hybridized carbons (Fsp3) is 1.00. The molecular formula is C18H34O13S. The third kappa shape index (κ3) is 7.68. The average molecular weight is 491 g/mol. The molecule has 2 heterocycles. The fourth-order valence-electron chi connectivity index (χ4n) is 3.20. The maximum absolute atomic E-state index is 10.2. The van der Waals surface area contributed by atoms with Crippen molar-refractivity contribution in [2.75, 3.05) is 52.0 Å². The highest BCUT2D eigenvalue weighted by molar-refractivity contribution is 7.80. The predicted octanol–water partition coefficient (Wildman–Crippen LogP) is -4.41. The van der Waals surface area contributed by atoms with Gasteiger partial charge >= 0.3 is 0 Å². The van der Waals surface area contributed by atoms with Crippen molar-refractivity contribution in [2.24, 2.45) is 0 Å². The highest BCUT2D eigenvalue weighted by Gasteiger charge is 2.47. The third-order valence-electron chi connectivity index (χ3n) is 5.06. The van der Waals surface area contributed by atoms with E-state index in [4.69, 9.17) is 28.4 Å². The van der Waals surface area contributed by atoms with Gasteiger partial charge in [-0.25, -0.2) is 0 Å². The summed E-state index contributed by atoms with van der Waals surface area (Å²) in [7, 11) is 0. The van der Waals surface area contributed by atoms with Crippen LogP contribution in [0.25, 0.3) is 0 Å². The Labute approximate surface area is 190 Å². The number of hydrogen-bond acceptors (Lipinski definition) is 14. The lowest BCUT2D eigenvalue weighted by atomic mass is 9.98. The zero-order valence-electron chi connectivity index (χ0n) is 17.5. The molecule has 2 saturated heterocycles. The summed E-state index contributed by atoms with van der Waals surface area (Å²) in [5, 5.41) is 69.2. The molecule has 2 rings (SSSR count). The molecular weight excluding hydrogens is 456 g/mol. The zero-order valence-corrected chi connectivity index (χ0v) is 18.4. The third-order valence-corrected chi connectivity index (χ3v) is 5.24. The second kappa shape index (κ2) is 14.3. The Morgan fingerprint density at radius 3 is 1.69 bits per heavy atom. The van der Waals surface area contributed by atoms with E-state index < -0.39 is 74.6 Å². The molecule has 14 heteroatoms. The Morgan fingerprint density at radius 2 is 1.09 bits per heavy atom. The number of aliphatic hydroxyl groups excluding tert-OH is 7. The van der Waals surface area contributed by atoms with Crippen molar-refractivity contribution >= 4 is 12.6 Å². The summed E-state index contributed by atoms with van der Waals surface area (Å²) in [4.78, 5) is 0. The average Bonchev–Trinajstić information content (AvgIpc) is 2.79. The molecule has 0 aromatic carbocycles. The van der Waals surface area contributed by atoms with Crippen LogP contribution in [0.5, 0.6) is 0 Å². The van der Waals surface area contributed by atoms with Crippen molar-refractivity contribution in [1.29, 1.82) is 0 Å². The largest absolute Gasteiger partial charge is 0.394 e. The van der Waals surface area contributed by atoms with E-state index in [1.807, 2.05) is 0 Å². The van der Waals surface area contributed by atoms with Crippen LogP contribution in [0.2, 0.25) is 0 Å². The number of rotatable bonds is 13. The Balaban J connectivity index is 1.80. The van der Waals surface area contributed by atoms with Gasteiger partial charge in [0, 0.05) is 5.75 Å². The first-order chi connectivity index (χ1) is 15.3. The molecule has 13 nitrogen and oxygen atoms in total. The molecule has 0 aromatic heterocycles. The lowest BCUT2D eigenvalue weighted by Gasteiger charge is -2.42. The highest BCUT2D eigenvalue weighted by Crippen LogP contribution is 2.25. The van der Waals surface area contributed by atoms with Crippen LogP contribution in [-0.4, -0.2) is 149 Å². The maximum Gasteiger partial charge on any atom is 0.186 e. The summed E-state index contributed by atoms with van der Waals surface area (Å²) in [6, 6.07) is 0. The molecule has 10 atom stereocenters. The second-order valence-electron chi connectivity index (χ2n) is 7.36. The van der Waals surface area contributed by atoms with E-state index in [1.165, 1.54) is 0 Å². The van der Waals surface area contributed by atoms with Gasteiger partial charge in [0.15, 0.2) is 12.6 Å². The Hall–Kier alpha value is -0.170. The van der Waals surface area contributed by atoms with E-state index in [1.54, 1.807) is 0 Å². The molecule has 2 aliphatic rings. The molecule has 0 aromatic rings. The minimum Gasteiger partial charge on any atom is -0.394 e. The first-order valence-corrected chi connectivity index (χ1v) is 10.9. The van der Waals surface area contributed by atoms with Crippen LogP contribution in [0, 0.1) is 0 Å². The normalized spacial score (nSPS) is 40.5. The second-order valence-corrected chi connectivity index (χ2v) is 7.81. The minimum absolute atomic E-state index is 0.0252. The molecule has 2 fully saturated rings. The van der Waals surface area contributed by atoms with E-state index in [-0.39, 0.29) is 13.2 Å². The van der Waals surface area contributed by atoms with Gasteiger partial charge in [0.2, 0.25) is 0 Å². The van der Waals surface area contributed by atoms with Crippen molar-refractivity contribution in [3.05, 3.63) is 0 Å². The van der Waals surface area contributed by atoms with Crippen molar-refractivity contribution in [3.8, 4) is 0 Å². The van der Waals surface area contributed by atoms with Gasteiger partial charge in [-0.05, 0) is 0 Å². The SMILES string of the molecule is OC[C@H]1O[C@@H](OC[C@H]2O[C@H](OCCOCCOCCS)[C@H](O)[C@@H](O)[C@H]2O)[C@H](O)[C@@H](O)[C@H]1O. The van der Waals surface area contributed by atoms with E-state index in [9.17, 15) is 35.7 Å². The smallest absolute Gasteiger partial charge is 0.186 e. The summed E-state index contributed by atoms with van der Waals surface area (Å²) in [5.74, 6) is 0.607. The first kappa shape index (κ1) is 28.1. The van der Waals surface area contributed by atoms with Gasteiger partial charge in [0.05, 0.1) is 46.2 Å². The number of aliphatic hydroxyl groups is 7. The van der Waals surface area contributed by atoms with E-state index in [2.05, 4.69) is 12.6 Å². The molecule has 0 radical (unpaired) electrons. The van der Waals surface area contributed by atoms with Crippen LogP contribution in [-0.2, 0) is 28.4 Å². The molecule has 2 aliphatic heterocycles. The van der Waals surface area contributed by atoms with Crippen LogP contribution < -0.4 is 0 Å². The van der Waals surface area contributed by atoms with Gasteiger partial charge in [-0.3, -0.25) is 0 Å². The van der Waals surface area contributed by atoms with Gasteiger partial charge < -0.3 is 64.2 Å². The lowest BCUT2D eigenvalue weighted by molar-refractivity contribution is -0.331. The summed E-state index contributed by atoms with van der Waals surface area (Å²) in [6.45, 7) is 0.383. The van der Waals surface area contributed by atoms with Crippen LogP contribution >= 0.6 is 12.6 Å². The quantitative estimate of drug-likeness (QED) is 0.0910. The molecule has 7 N–H and O–H groups in total. The lowest BCUT2D eigenvalue weighted by Crippen LogP contribution is -2.61. The topological polar surface area (TPSA) is 197 Å². The molecule has 0 saturated carbocycles. The van der Waals surface area contributed by atoms with Gasteiger partial charge in [0.1, 0.15) is 48.8 Å². The predicted molar refractivity (Wildman–Crippen MR) is 108 cm³/mol. The Bertz CT molecular complexity index is 515. The van der Waals surface area contributed by atoms with Crippen molar-refractivity contribution in [2.45, 2.75) is 61.4 Å². The summed E-state index contributed by atoms with van der Waals surface area (Å²) in [5.41, 5.74) is 0. The van der Waals surface area contributed by atoms with Crippen molar-refractivity contribution in [3.63, 3.8) is 0 Å². The summed E-state index contributed by atoms with van der Waals surface area (Å²) >= 11 is 4.01. The molecule has 0 spiro atoms. The van der Waals surface area contributed by atoms with Crippen LogP contribution in [0.1, 0.15) is 0 Å². The van der Waals surface area contributed by atoms with Gasteiger partial charge in [-0.15, -0.1) is 0 Å². The molecule has 32 heavy (non-hydrogen) atoms. The van der Waals surface area contributed by atoms with Gasteiger partial charge in [-0.2, -0.15) is 12.6 Å². The first-order valence-electron chi connectivity index (χ1n) is 10.3. The summed E-state index contributed by atoms with van der Waals surface area (Å²) < 4.78 is 31.9. The molecule has 190 valence electrons. The Morgan fingerprint density at radius 1 is 0.594 bits per heavy atom. The van der Waals surface area contributed by atoms with Crippen LogP contribution in [0.4, 0.5) is 0 Å². The molecule has 0 unspecified atom stereocenters. The standard InChI is InChI=1S/C18H34O13S/c19-7-9-11(20)13(22)16(25)18(30-9)29-8-10-12(21)14(23)15(24)17(31-10)28-4-3-26-1-2-27-5-6-32/h9-25,32H,1-8H2/t9-,10-,11+,12+,13+,14+,15-,16-,17+,18-/m1/s1. The highest BCUT2D eigenvalue weighted by atomic mass is 32.1.